The zero-order chi connectivity index (χ0) is 15.2. The maximum atomic E-state index is 12.3. The van der Waals surface area contributed by atoms with Crippen molar-refractivity contribution >= 4 is 37.2 Å². The highest BCUT2D eigenvalue weighted by Gasteiger charge is 2.42. The fourth-order valence-corrected chi connectivity index (χ4v) is 4.09. The summed E-state index contributed by atoms with van der Waals surface area (Å²) in [5.74, 6) is 0.881. The Hall–Kier alpha value is -0.780. The van der Waals surface area contributed by atoms with Gasteiger partial charge in [-0.1, -0.05) is 11.6 Å². The molecule has 21 heavy (non-hydrogen) atoms. The van der Waals surface area contributed by atoms with Crippen LogP contribution >= 0.6 is 22.3 Å². The molecule has 0 aromatic heterocycles. The van der Waals surface area contributed by atoms with Crippen LogP contribution in [0, 0.1) is 11.8 Å². The van der Waals surface area contributed by atoms with E-state index in [1.54, 1.807) is 0 Å². The summed E-state index contributed by atoms with van der Waals surface area (Å²) in [6.07, 6.45) is 4.62. The van der Waals surface area contributed by atoms with Crippen LogP contribution in [0.2, 0.25) is 5.02 Å². The molecule has 1 amide bonds. The first-order chi connectivity index (χ1) is 9.86. The molecule has 0 heterocycles. The van der Waals surface area contributed by atoms with Gasteiger partial charge in [0.25, 0.3) is 15.0 Å². The summed E-state index contributed by atoms with van der Waals surface area (Å²) in [6.45, 7) is 0. The Labute approximate surface area is 133 Å². The van der Waals surface area contributed by atoms with Gasteiger partial charge in [-0.15, -0.1) is 0 Å². The predicted octanol–water partition coefficient (Wildman–Crippen LogP) is 3.19. The minimum Gasteiger partial charge on any atom is -0.349 e. The Morgan fingerprint density at radius 3 is 2.24 bits per heavy atom. The van der Waals surface area contributed by atoms with Crippen molar-refractivity contribution in [1.29, 1.82) is 0 Å². The van der Waals surface area contributed by atoms with Crippen molar-refractivity contribution in [3.8, 4) is 0 Å². The van der Waals surface area contributed by atoms with Gasteiger partial charge in [-0.25, -0.2) is 8.42 Å². The lowest BCUT2D eigenvalue weighted by Crippen LogP contribution is -2.38. The Morgan fingerprint density at radius 2 is 1.76 bits per heavy atom. The molecule has 0 saturated heterocycles. The highest BCUT2D eigenvalue weighted by Crippen LogP contribution is 2.44. The summed E-state index contributed by atoms with van der Waals surface area (Å²) < 4.78 is 22.9. The summed E-state index contributed by atoms with van der Waals surface area (Å²) in [5.41, 5.74) is 0.268. The van der Waals surface area contributed by atoms with E-state index in [2.05, 4.69) is 5.32 Å². The first kappa shape index (κ1) is 15.1. The van der Waals surface area contributed by atoms with Crippen LogP contribution in [0.3, 0.4) is 0 Å². The lowest BCUT2D eigenvalue weighted by atomic mass is 10.1. The van der Waals surface area contributed by atoms with Crippen molar-refractivity contribution < 1.29 is 13.2 Å². The van der Waals surface area contributed by atoms with Gasteiger partial charge in [0.05, 0.1) is 5.02 Å². The molecule has 4 nitrogen and oxygen atoms in total. The summed E-state index contributed by atoms with van der Waals surface area (Å²) in [4.78, 5) is 12.1. The van der Waals surface area contributed by atoms with Gasteiger partial charge in [0.1, 0.15) is 4.90 Å². The average Bonchev–Trinajstić information content (AvgIpc) is 3.27. The fourth-order valence-electron chi connectivity index (χ4n) is 2.60. The number of carbonyl (C=O) groups is 1. The van der Waals surface area contributed by atoms with Crippen molar-refractivity contribution in [2.24, 2.45) is 11.8 Å². The molecule has 0 atom stereocenters. The predicted molar refractivity (Wildman–Crippen MR) is 81.2 cm³/mol. The van der Waals surface area contributed by atoms with E-state index in [1.807, 2.05) is 0 Å². The van der Waals surface area contributed by atoms with Crippen LogP contribution in [0.4, 0.5) is 0 Å². The van der Waals surface area contributed by atoms with Crippen LogP contribution in [-0.2, 0) is 9.05 Å². The van der Waals surface area contributed by atoms with Crippen molar-refractivity contribution in [3.63, 3.8) is 0 Å². The molecule has 0 bridgehead atoms. The maximum Gasteiger partial charge on any atom is 0.262 e. The van der Waals surface area contributed by atoms with Crippen molar-refractivity contribution in [2.75, 3.05) is 0 Å². The first-order valence-electron chi connectivity index (χ1n) is 6.91. The number of nitrogens with one attached hydrogen (secondary N) is 1. The van der Waals surface area contributed by atoms with E-state index >= 15 is 0 Å². The molecule has 0 radical (unpaired) electrons. The van der Waals surface area contributed by atoms with Gasteiger partial charge in [0.15, 0.2) is 0 Å². The summed E-state index contributed by atoms with van der Waals surface area (Å²) in [5, 5.41) is 3.05. The van der Waals surface area contributed by atoms with Crippen molar-refractivity contribution in [3.05, 3.63) is 28.8 Å². The van der Waals surface area contributed by atoms with Gasteiger partial charge in [-0.05, 0) is 55.7 Å². The molecule has 1 N–H and O–H groups in total. The Balaban J connectivity index is 1.81. The zero-order valence-electron chi connectivity index (χ0n) is 11.2. The fraction of sp³-hybridized carbons (Fsp3) is 0.500. The zero-order valence-corrected chi connectivity index (χ0v) is 13.5. The highest BCUT2D eigenvalue weighted by atomic mass is 35.7. The van der Waals surface area contributed by atoms with E-state index in [9.17, 15) is 13.2 Å². The molecule has 0 unspecified atom stereocenters. The second-order valence-corrected chi connectivity index (χ2v) is 8.70. The third-order valence-corrected chi connectivity index (χ3v) is 5.82. The molecule has 2 saturated carbocycles. The third kappa shape index (κ3) is 3.52. The molecule has 114 valence electrons. The number of hydrogen-bond acceptors (Lipinski definition) is 3. The molecule has 0 aliphatic heterocycles. The quantitative estimate of drug-likeness (QED) is 0.832. The van der Waals surface area contributed by atoms with Gasteiger partial charge in [0.2, 0.25) is 0 Å². The average molecular weight is 348 g/mol. The number of amides is 1. The summed E-state index contributed by atoms with van der Waals surface area (Å²) in [6, 6.07) is 4.34. The number of hydrogen-bond donors (Lipinski definition) is 1. The highest BCUT2D eigenvalue weighted by molar-refractivity contribution is 8.13. The molecule has 2 fully saturated rings. The molecule has 2 aliphatic carbocycles. The SMILES string of the molecule is O=C(NC(C1CC1)C1CC1)c1ccc(Cl)c(S(=O)(=O)Cl)c1. The second-order valence-electron chi connectivity index (χ2n) is 5.76. The van der Waals surface area contributed by atoms with Crippen LogP contribution in [0.25, 0.3) is 0 Å². The molecular weight excluding hydrogens is 333 g/mol. The monoisotopic (exact) mass is 347 g/mol. The molecule has 7 heteroatoms. The standard InChI is InChI=1S/C14H15Cl2NO3S/c15-11-6-5-10(7-12(11)21(16,19)20)14(18)17-13(8-1-2-8)9-3-4-9/h5-9,13H,1-4H2,(H,17,18). The van der Waals surface area contributed by atoms with E-state index < -0.39 is 9.05 Å². The van der Waals surface area contributed by atoms with Gasteiger partial charge in [-0.2, -0.15) is 0 Å². The van der Waals surface area contributed by atoms with Gasteiger partial charge >= 0.3 is 0 Å². The number of benzene rings is 1. The molecule has 0 spiro atoms. The Bertz CT molecular complexity index is 669. The lowest BCUT2D eigenvalue weighted by Gasteiger charge is -2.17. The van der Waals surface area contributed by atoms with Gasteiger partial charge in [0, 0.05) is 22.3 Å². The van der Waals surface area contributed by atoms with Crippen molar-refractivity contribution in [2.45, 2.75) is 36.6 Å². The van der Waals surface area contributed by atoms with Crippen LogP contribution in [0.5, 0.6) is 0 Å². The van der Waals surface area contributed by atoms with Crippen LogP contribution in [0.1, 0.15) is 36.0 Å². The van der Waals surface area contributed by atoms with E-state index in [1.165, 1.54) is 18.2 Å². The maximum absolute atomic E-state index is 12.3. The molecule has 1 aromatic carbocycles. The van der Waals surface area contributed by atoms with Crippen LogP contribution in [0.15, 0.2) is 23.1 Å². The summed E-state index contributed by atoms with van der Waals surface area (Å²) in [7, 11) is 1.36. The molecule has 3 rings (SSSR count). The number of rotatable bonds is 5. The Kier molecular flexibility index (Phi) is 3.93. The molecular formula is C14H15Cl2NO3S. The van der Waals surface area contributed by atoms with Crippen LogP contribution in [-0.4, -0.2) is 20.4 Å². The van der Waals surface area contributed by atoms with E-state index in [-0.39, 0.29) is 27.4 Å². The van der Waals surface area contributed by atoms with Crippen LogP contribution < -0.4 is 5.32 Å². The lowest BCUT2D eigenvalue weighted by molar-refractivity contribution is 0.0926. The normalized spacial score (nSPS) is 18.8. The Morgan fingerprint density at radius 1 is 1.19 bits per heavy atom. The minimum absolute atomic E-state index is 0.0162. The van der Waals surface area contributed by atoms with E-state index in [4.69, 9.17) is 22.3 Å². The number of halogens is 2. The summed E-state index contributed by atoms with van der Waals surface area (Å²) >= 11 is 5.82. The molecule has 2 aliphatic rings. The smallest absolute Gasteiger partial charge is 0.262 e. The third-order valence-electron chi connectivity index (χ3n) is 4.01. The first-order valence-corrected chi connectivity index (χ1v) is 9.60. The largest absolute Gasteiger partial charge is 0.349 e. The van der Waals surface area contributed by atoms with Gasteiger partial charge in [-0.3, -0.25) is 4.79 Å². The van der Waals surface area contributed by atoms with E-state index in [0.29, 0.717) is 11.8 Å². The van der Waals surface area contributed by atoms with Crippen molar-refractivity contribution in [1.82, 2.24) is 5.32 Å². The second kappa shape index (κ2) is 5.45. The van der Waals surface area contributed by atoms with E-state index in [0.717, 1.165) is 25.7 Å². The molecule has 1 aromatic rings. The minimum atomic E-state index is -3.97. The van der Waals surface area contributed by atoms with Gasteiger partial charge < -0.3 is 5.32 Å². The topological polar surface area (TPSA) is 63.2 Å². The number of carbonyl (C=O) groups excluding carboxylic acids is 1.